The number of aliphatic carboxylic acids is 1. The second-order valence-electron chi connectivity index (χ2n) is 4.11. The van der Waals surface area contributed by atoms with Gasteiger partial charge in [-0.3, -0.25) is 14.5 Å². The average molecular weight is 269 g/mol. The predicted octanol–water partition coefficient (Wildman–Crippen LogP) is 1.11. The lowest BCUT2D eigenvalue weighted by Gasteiger charge is -2.31. The van der Waals surface area contributed by atoms with Gasteiger partial charge in [0, 0.05) is 19.5 Å². The van der Waals surface area contributed by atoms with Gasteiger partial charge in [0.1, 0.15) is 6.04 Å². The first kappa shape index (κ1) is 13.2. The van der Waals surface area contributed by atoms with Crippen LogP contribution in [-0.4, -0.2) is 54.1 Å². The number of thiophene rings is 1. The third kappa shape index (κ3) is 3.16. The molecule has 6 heteroatoms. The van der Waals surface area contributed by atoms with Crippen LogP contribution in [0.15, 0.2) is 17.5 Å². The van der Waals surface area contributed by atoms with Gasteiger partial charge in [0.25, 0.3) is 0 Å². The number of Topliss-reactive ketones (excluding diaryl/α,β-unsaturated/α-hetero) is 1. The summed E-state index contributed by atoms with van der Waals surface area (Å²) in [6.07, 6.45) is 0.0237. The summed E-state index contributed by atoms with van der Waals surface area (Å²) < 4.78 is 5.19. The first-order valence-corrected chi connectivity index (χ1v) is 6.68. The number of hydrogen-bond donors (Lipinski definition) is 1. The zero-order valence-electron chi connectivity index (χ0n) is 9.87. The Morgan fingerprint density at radius 3 is 2.72 bits per heavy atom. The van der Waals surface area contributed by atoms with E-state index in [4.69, 9.17) is 4.74 Å². The molecule has 1 aromatic rings. The number of hydrogen-bond acceptors (Lipinski definition) is 5. The Bertz CT molecular complexity index is 412. The lowest BCUT2D eigenvalue weighted by atomic mass is 10.1. The average Bonchev–Trinajstić information content (AvgIpc) is 2.90. The van der Waals surface area contributed by atoms with Crippen molar-refractivity contribution < 1.29 is 19.4 Å². The lowest BCUT2D eigenvalue weighted by molar-refractivity contribution is -0.144. The molecule has 0 saturated carbocycles. The fourth-order valence-corrected chi connectivity index (χ4v) is 2.65. The van der Waals surface area contributed by atoms with Gasteiger partial charge < -0.3 is 9.84 Å². The van der Waals surface area contributed by atoms with E-state index in [1.54, 1.807) is 17.0 Å². The number of nitrogens with zero attached hydrogens (tertiary/aromatic N) is 1. The maximum absolute atomic E-state index is 12.0. The summed E-state index contributed by atoms with van der Waals surface area (Å²) in [6.45, 7) is 2.18. The highest BCUT2D eigenvalue weighted by Gasteiger charge is 2.29. The molecule has 1 atom stereocenters. The lowest BCUT2D eigenvalue weighted by Crippen LogP contribution is -2.48. The van der Waals surface area contributed by atoms with Crippen molar-refractivity contribution in [3.63, 3.8) is 0 Å². The highest BCUT2D eigenvalue weighted by atomic mass is 32.1. The minimum absolute atomic E-state index is 0.0237. The molecule has 1 fully saturated rings. The Balaban J connectivity index is 2.02. The monoisotopic (exact) mass is 269 g/mol. The Labute approximate surface area is 109 Å². The SMILES string of the molecule is O=C(CC(C(=O)O)N1CCOCC1)c1cccs1. The number of carboxylic acid groups (broad SMARTS) is 1. The van der Waals surface area contributed by atoms with Crippen LogP contribution in [0.5, 0.6) is 0 Å². The number of ether oxygens (including phenoxy) is 1. The van der Waals surface area contributed by atoms with Crippen LogP contribution < -0.4 is 0 Å². The molecular weight excluding hydrogens is 254 g/mol. The molecule has 1 saturated heterocycles. The van der Waals surface area contributed by atoms with Gasteiger partial charge in [-0.15, -0.1) is 11.3 Å². The van der Waals surface area contributed by atoms with Crippen molar-refractivity contribution >= 4 is 23.1 Å². The van der Waals surface area contributed by atoms with Crippen LogP contribution in [0.3, 0.4) is 0 Å². The van der Waals surface area contributed by atoms with E-state index in [2.05, 4.69) is 0 Å². The quantitative estimate of drug-likeness (QED) is 0.811. The van der Waals surface area contributed by atoms with Crippen molar-refractivity contribution in [1.29, 1.82) is 0 Å². The number of carbonyl (C=O) groups is 2. The largest absolute Gasteiger partial charge is 0.480 e. The Morgan fingerprint density at radius 2 is 2.17 bits per heavy atom. The highest BCUT2D eigenvalue weighted by Crippen LogP contribution is 2.16. The molecular formula is C12H15NO4S. The van der Waals surface area contributed by atoms with E-state index in [1.165, 1.54) is 11.3 Å². The van der Waals surface area contributed by atoms with E-state index in [9.17, 15) is 14.7 Å². The van der Waals surface area contributed by atoms with Crippen molar-refractivity contribution in [1.82, 2.24) is 4.90 Å². The van der Waals surface area contributed by atoms with Gasteiger partial charge in [0.2, 0.25) is 0 Å². The molecule has 0 spiro atoms. The van der Waals surface area contributed by atoms with Crippen LogP contribution >= 0.6 is 11.3 Å². The molecule has 1 aliphatic heterocycles. The molecule has 1 aromatic heterocycles. The molecule has 5 nitrogen and oxygen atoms in total. The Morgan fingerprint density at radius 1 is 1.44 bits per heavy atom. The second-order valence-corrected chi connectivity index (χ2v) is 5.05. The van der Waals surface area contributed by atoms with E-state index < -0.39 is 12.0 Å². The van der Waals surface area contributed by atoms with Crippen LogP contribution in [0.25, 0.3) is 0 Å². The smallest absolute Gasteiger partial charge is 0.321 e. The van der Waals surface area contributed by atoms with Gasteiger partial charge in [0.05, 0.1) is 18.1 Å². The van der Waals surface area contributed by atoms with Gasteiger partial charge in [-0.05, 0) is 11.4 Å². The molecule has 18 heavy (non-hydrogen) atoms. The summed E-state index contributed by atoms with van der Waals surface area (Å²) >= 11 is 1.35. The van der Waals surface area contributed by atoms with E-state index in [-0.39, 0.29) is 12.2 Å². The summed E-state index contributed by atoms with van der Waals surface area (Å²) in [5.41, 5.74) is 0. The fourth-order valence-electron chi connectivity index (χ4n) is 1.98. The van der Waals surface area contributed by atoms with E-state index in [0.29, 0.717) is 31.2 Å². The first-order chi connectivity index (χ1) is 8.68. The third-order valence-corrected chi connectivity index (χ3v) is 3.86. The number of ketones is 1. The van der Waals surface area contributed by atoms with Crippen LogP contribution in [0, 0.1) is 0 Å². The standard InChI is InChI=1S/C12H15NO4S/c14-10(11-2-1-7-18-11)8-9(12(15)16)13-3-5-17-6-4-13/h1-2,7,9H,3-6,8H2,(H,15,16). The Kier molecular flexibility index (Phi) is 4.46. The number of carbonyl (C=O) groups excluding carboxylic acids is 1. The minimum atomic E-state index is -0.943. The van der Waals surface area contributed by atoms with E-state index in [0.717, 1.165) is 0 Å². The molecule has 0 amide bonds. The maximum atomic E-state index is 12.0. The van der Waals surface area contributed by atoms with E-state index in [1.807, 2.05) is 5.38 Å². The van der Waals surface area contributed by atoms with Crippen LogP contribution in [-0.2, 0) is 9.53 Å². The third-order valence-electron chi connectivity index (χ3n) is 2.95. The highest BCUT2D eigenvalue weighted by molar-refractivity contribution is 7.12. The first-order valence-electron chi connectivity index (χ1n) is 5.80. The summed E-state index contributed by atoms with van der Waals surface area (Å²) in [6, 6.07) is 2.77. The predicted molar refractivity (Wildman–Crippen MR) is 67.1 cm³/mol. The zero-order chi connectivity index (χ0) is 13.0. The molecule has 0 radical (unpaired) electrons. The van der Waals surface area contributed by atoms with E-state index >= 15 is 0 Å². The molecule has 2 rings (SSSR count). The second kappa shape index (κ2) is 6.08. The molecule has 1 aliphatic rings. The van der Waals surface area contributed by atoms with Gasteiger partial charge in [0.15, 0.2) is 5.78 Å². The maximum Gasteiger partial charge on any atom is 0.321 e. The topological polar surface area (TPSA) is 66.8 Å². The van der Waals surface area contributed by atoms with Gasteiger partial charge in [-0.2, -0.15) is 0 Å². The number of carboxylic acids is 1. The minimum Gasteiger partial charge on any atom is -0.480 e. The normalized spacial score (nSPS) is 18.4. The summed E-state index contributed by atoms with van der Waals surface area (Å²) in [5, 5.41) is 11.1. The molecule has 2 heterocycles. The fraction of sp³-hybridized carbons (Fsp3) is 0.500. The summed E-state index contributed by atoms with van der Waals surface area (Å²) in [4.78, 5) is 25.6. The molecule has 0 aromatic carbocycles. The summed E-state index contributed by atoms with van der Waals surface area (Å²) in [5.74, 6) is -1.05. The number of morpholine rings is 1. The van der Waals surface area contributed by atoms with Crippen LogP contribution in [0.4, 0.5) is 0 Å². The van der Waals surface area contributed by atoms with Crippen molar-refractivity contribution in [2.45, 2.75) is 12.5 Å². The Hall–Kier alpha value is -1.24. The van der Waals surface area contributed by atoms with Crippen molar-refractivity contribution in [2.75, 3.05) is 26.3 Å². The molecule has 98 valence electrons. The molecule has 0 aliphatic carbocycles. The van der Waals surface area contributed by atoms with Crippen LogP contribution in [0.2, 0.25) is 0 Å². The van der Waals surface area contributed by atoms with Gasteiger partial charge in [-0.25, -0.2) is 0 Å². The van der Waals surface area contributed by atoms with Crippen molar-refractivity contribution in [2.24, 2.45) is 0 Å². The molecule has 1 N–H and O–H groups in total. The van der Waals surface area contributed by atoms with Crippen LogP contribution in [0.1, 0.15) is 16.1 Å². The zero-order valence-corrected chi connectivity index (χ0v) is 10.7. The van der Waals surface area contributed by atoms with Gasteiger partial charge in [-0.1, -0.05) is 6.07 Å². The summed E-state index contributed by atoms with van der Waals surface area (Å²) in [7, 11) is 0. The van der Waals surface area contributed by atoms with Gasteiger partial charge >= 0.3 is 5.97 Å². The molecule has 0 bridgehead atoms. The molecule has 1 unspecified atom stereocenters. The van der Waals surface area contributed by atoms with Crippen molar-refractivity contribution in [3.8, 4) is 0 Å². The van der Waals surface area contributed by atoms with Crippen molar-refractivity contribution in [3.05, 3.63) is 22.4 Å². The number of rotatable bonds is 5.